The Balaban J connectivity index is 1.68. The number of halogens is 1. The number of amides is 4. The molecule has 8 heteroatoms. The number of nitrogens with one attached hydrogen (secondary N) is 3. The summed E-state index contributed by atoms with van der Waals surface area (Å²) in [6.07, 6.45) is 0. The molecule has 1 unspecified atom stereocenters. The molecule has 0 spiro atoms. The summed E-state index contributed by atoms with van der Waals surface area (Å²) in [4.78, 5) is 38.5. The lowest BCUT2D eigenvalue weighted by molar-refractivity contribution is -0.133. The molecule has 0 aromatic heterocycles. The zero-order valence-corrected chi connectivity index (χ0v) is 16.3. The van der Waals surface area contributed by atoms with E-state index in [9.17, 15) is 18.8 Å². The fraction of sp³-hybridized carbons (Fsp3) is 0.286. The van der Waals surface area contributed by atoms with Crippen LogP contribution in [-0.4, -0.2) is 35.8 Å². The summed E-state index contributed by atoms with van der Waals surface area (Å²) in [6.45, 7) is 4.61. The van der Waals surface area contributed by atoms with E-state index in [0.717, 1.165) is 17.0 Å². The predicted molar refractivity (Wildman–Crippen MR) is 106 cm³/mol. The predicted octanol–water partition coefficient (Wildman–Crippen LogP) is 2.34. The molecule has 1 aliphatic heterocycles. The second-order valence-corrected chi connectivity index (χ2v) is 6.98. The van der Waals surface area contributed by atoms with E-state index >= 15 is 0 Å². The highest BCUT2D eigenvalue weighted by Gasteiger charge is 2.49. The molecule has 0 saturated carbocycles. The lowest BCUT2D eigenvalue weighted by Gasteiger charge is -2.22. The molecule has 0 aliphatic carbocycles. The monoisotopic (exact) mass is 398 g/mol. The molecule has 4 amide bonds. The number of urea groups is 1. The van der Waals surface area contributed by atoms with Crippen LogP contribution in [0.4, 0.5) is 14.9 Å². The van der Waals surface area contributed by atoms with Crippen molar-refractivity contribution in [3.63, 3.8) is 0 Å². The average Bonchev–Trinajstić information content (AvgIpc) is 2.91. The van der Waals surface area contributed by atoms with Crippen molar-refractivity contribution in [2.75, 3.05) is 18.4 Å². The summed E-state index contributed by atoms with van der Waals surface area (Å²) in [5.74, 6) is -1.50. The minimum absolute atomic E-state index is 0.418. The molecule has 1 saturated heterocycles. The van der Waals surface area contributed by atoms with Crippen LogP contribution in [0.25, 0.3) is 0 Å². The second kappa shape index (κ2) is 8.40. The van der Waals surface area contributed by atoms with E-state index in [2.05, 4.69) is 16.0 Å². The van der Waals surface area contributed by atoms with Crippen molar-refractivity contribution in [2.24, 2.45) is 0 Å². The Bertz CT molecular complexity index is 932. The lowest BCUT2D eigenvalue weighted by Crippen LogP contribution is -2.42. The molecular formula is C21H23FN4O3. The van der Waals surface area contributed by atoms with E-state index in [1.165, 1.54) is 31.2 Å². The number of rotatable bonds is 7. The van der Waals surface area contributed by atoms with Gasteiger partial charge in [0.25, 0.3) is 5.91 Å². The molecule has 29 heavy (non-hydrogen) atoms. The number of nitrogens with zero attached hydrogens (tertiary/aromatic N) is 1. The molecular weight excluding hydrogens is 375 g/mol. The van der Waals surface area contributed by atoms with Gasteiger partial charge in [-0.05, 0) is 48.9 Å². The molecule has 1 atom stereocenters. The lowest BCUT2D eigenvalue weighted by atomic mass is 9.92. The number of carbonyl (C=O) groups is 3. The Morgan fingerprint density at radius 3 is 2.59 bits per heavy atom. The highest BCUT2D eigenvalue weighted by Crippen LogP contribution is 2.28. The summed E-state index contributed by atoms with van der Waals surface area (Å²) >= 11 is 0. The van der Waals surface area contributed by atoms with Gasteiger partial charge in [-0.25, -0.2) is 9.18 Å². The van der Waals surface area contributed by atoms with Crippen LogP contribution in [0.1, 0.15) is 25.0 Å². The van der Waals surface area contributed by atoms with E-state index in [-0.39, 0.29) is 0 Å². The van der Waals surface area contributed by atoms with Gasteiger partial charge < -0.3 is 16.0 Å². The van der Waals surface area contributed by atoms with E-state index in [1.54, 1.807) is 6.07 Å². The first-order chi connectivity index (χ1) is 13.8. The van der Waals surface area contributed by atoms with Gasteiger partial charge in [0.15, 0.2) is 0 Å². The zero-order chi connectivity index (χ0) is 21.0. The van der Waals surface area contributed by atoms with Gasteiger partial charge in [0.05, 0.1) is 0 Å². The minimum Gasteiger partial charge on any atom is -0.325 e. The number of imide groups is 1. The van der Waals surface area contributed by atoms with Gasteiger partial charge in [-0.1, -0.05) is 31.2 Å². The molecule has 0 radical (unpaired) electrons. The maximum Gasteiger partial charge on any atom is 0.325 e. The molecule has 2 aromatic carbocycles. The number of anilines is 1. The van der Waals surface area contributed by atoms with Crippen LogP contribution in [-0.2, 0) is 21.7 Å². The van der Waals surface area contributed by atoms with E-state index in [0.29, 0.717) is 17.8 Å². The van der Waals surface area contributed by atoms with Gasteiger partial charge >= 0.3 is 6.03 Å². The normalized spacial score (nSPS) is 18.7. The Hall–Kier alpha value is -3.26. The zero-order valence-electron chi connectivity index (χ0n) is 16.3. The fourth-order valence-electron chi connectivity index (χ4n) is 3.19. The number of carbonyl (C=O) groups excluding carboxylic acids is 3. The van der Waals surface area contributed by atoms with Gasteiger partial charge in [-0.2, -0.15) is 0 Å². The third-order valence-electron chi connectivity index (χ3n) is 4.79. The van der Waals surface area contributed by atoms with Crippen molar-refractivity contribution in [1.29, 1.82) is 0 Å². The summed E-state index contributed by atoms with van der Waals surface area (Å²) in [7, 11) is 0. The first-order valence-electron chi connectivity index (χ1n) is 9.33. The SMILES string of the molecule is CCNCc1cccc(NC(=O)CN2C(=O)NC(C)(c3ccc(F)cc3)C2=O)c1. The maximum absolute atomic E-state index is 13.2. The third-order valence-corrected chi connectivity index (χ3v) is 4.79. The fourth-order valence-corrected chi connectivity index (χ4v) is 3.19. The molecule has 0 bridgehead atoms. The Kier molecular flexibility index (Phi) is 5.93. The smallest absolute Gasteiger partial charge is 0.325 e. The van der Waals surface area contributed by atoms with Crippen LogP contribution >= 0.6 is 0 Å². The van der Waals surface area contributed by atoms with Gasteiger partial charge in [-0.15, -0.1) is 0 Å². The van der Waals surface area contributed by atoms with E-state index < -0.39 is 35.7 Å². The second-order valence-electron chi connectivity index (χ2n) is 6.98. The summed E-state index contributed by atoms with van der Waals surface area (Å²) in [5.41, 5.74) is 0.676. The average molecular weight is 398 g/mol. The Morgan fingerprint density at radius 2 is 1.90 bits per heavy atom. The molecule has 3 N–H and O–H groups in total. The minimum atomic E-state index is -1.35. The van der Waals surface area contributed by atoms with Gasteiger partial charge in [-0.3, -0.25) is 14.5 Å². The van der Waals surface area contributed by atoms with Crippen LogP contribution in [0.2, 0.25) is 0 Å². The number of hydrogen-bond acceptors (Lipinski definition) is 4. The first kappa shape index (κ1) is 20.5. The molecule has 152 valence electrons. The van der Waals surface area contributed by atoms with Crippen LogP contribution in [0, 0.1) is 5.82 Å². The third kappa shape index (κ3) is 4.43. The van der Waals surface area contributed by atoms with Crippen LogP contribution in [0.5, 0.6) is 0 Å². The van der Waals surface area contributed by atoms with Crippen molar-refractivity contribution >= 4 is 23.5 Å². The highest BCUT2D eigenvalue weighted by atomic mass is 19.1. The molecule has 1 heterocycles. The number of hydrogen-bond donors (Lipinski definition) is 3. The highest BCUT2D eigenvalue weighted by molar-refractivity contribution is 6.10. The van der Waals surface area contributed by atoms with Crippen molar-refractivity contribution in [2.45, 2.75) is 25.9 Å². The number of benzene rings is 2. The Labute approximate surface area is 168 Å². The van der Waals surface area contributed by atoms with E-state index in [1.807, 2.05) is 25.1 Å². The molecule has 1 fully saturated rings. The maximum atomic E-state index is 13.2. The van der Waals surface area contributed by atoms with Gasteiger partial charge in [0.2, 0.25) is 5.91 Å². The van der Waals surface area contributed by atoms with Crippen LogP contribution in [0.3, 0.4) is 0 Å². The quantitative estimate of drug-likeness (QED) is 0.625. The van der Waals surface area contributed by atoms with Crippen molar-refractivity contribution in [1.82, 2.24) is 15.5 Å². The molecule has 7 nitrogen and oxygen atoms in total. The molecule has 1 aliphatic rings. The molecule has 2 aromatic rings. The standard InChI is InChI=1S/C21H23FN4O3/c1-3-23-12-14-5-4-6-17(11-14)24-18(27)13-26-19(28)21(2,25-20(26)29)15-7-9-16(22)10-8-15/h4-11,23H,3,12-13H2,1-2H3,(H,24,27)(H,25,29). The first-order valence-corrected chi connectivity index (χ1v) is 9.33. The Morgan fingerprint density at radius 1 is 1.17 bits per heavy atom. The summed E-state index contributed by atoms with van der Waals surface area (Å²) < 4.78 is 13.2. The largest absolute Gasteiger partial charge is 0.325 e. The van der Waals surface area contributed by atoms with Crippen molar-refractivity contribution in [3.05, 3.63) is 65.5 Å². The van der Waals surface area contributed by atoms with Crippen molar-refractivity contribution < 1.29 is 18.8 Å². The van der Waals surface area contributed by atoms with Crippen molar-refractivity contribution in [3.8, 4) is 0 Å². The van der Waals surface area contributed by atoms with Crippen LogP contribution in [0.15, 0.2) is 48.5 Å². The van der Waals surface area contributed by atoms with E-state index in [4.69, 9.17) is 0 Å². The summed E-state index contributed by atoms with van der Waals surface area (Å²) in [6, 6.07) is 12.0. The molecule has 3 rings (SSSR count). The summed E-state index contributed by atoms with van der Waals surface area (Å²) in [5, 5.41) is 8.51. The van der Waals surface area contributed by atoms with Gasteiger partial charge in [0, 0.05) is 12.2 Å². The van der Waals surface area contributed by atoms with Gasteiger partial charge in [0.1, 0.15) is 17.9 Å². The topological polar surface area (TPSA) is 90.5 Å². The van der Waals surface area contributed by atoms with Crippen LogP contribution < -0.4 is 16.0 Å².